The second-order valence-electron chi connectivity index (χ2n) is 5.42. The lowest BCUT2D eigenvalue weighted by Crippen LogP contribution is -2.20. The van der Waals surface area contributed by atoms with Crippen LogP contribution in [0.15, 0.2) is 48.5 Å². The molecular weight excluding hydrogens is 355 g/mol. The molecule has 1 N–H and O–H groups in total. The molecule has 5 nitrogen and oxygen atoms in total. The summed E-state index contributed by atoms with van der Waals surface area (Å²) in [7, 11) is 1.61. The van der Waals surface area contributed by atoms with Crippen molar-refractivity contribution >= 4 is 22.4 Å². The molecule has 0 bridgehead atoms. The highest BCUT2D eigenvalue weighted by molar-refractivity contribution is 7.16. The molecule has 134 valence electrons. The molecule has 0 unspecified atom stereocenters. The van der Waals surface area contributed by atoms with Crippen LogP contribution >= 0.6 is 11.3 Å². The van der Waals surface area contributed by atoms with Crippen molar-refractivity contribution in [3.05, 3.63) is 59.2 Å². The van der Waals surface area contributed by atoms with Crippen LogP contribution in [0.25, 0.3) is 11.3 Å². The molecule has 3 rings (SSSR count). The Labute approximate surface area is 154 Å². The fourth-order valence-corrected chi connectivity index (χ4v) is 3.18. The quantitative estimate of drug-likeness (QED) is 0.701. The van der Waals surface area contributed by atoms with E-state index in [0.29, 0.717) is 5.13 Å². The van der Waals surface area contributed by atoms with Gasteiger partial charge in [-0.25, -0.2) is 9.37 Å². The highest BCUT2D eigenvalue weighted by Gasteiger charge is 2.13. The number of aromatic nitrogens is 1. The van der Waals surface area contributed by atoms with E-state index in [9.17, 15) is 9.18 Å². The number of amides is 1. The van der Waals surface area contributed by atoms with Gasteiger partial charge in [-0.05, 0) is 43.3 Å². The molecule has 0 fully saturated rings. The number of carbonyl (C=O) groups is 1. The Kier molecular flexibility index (Phi) is 5.48. The number of hydrogen-bond acceptors (Lipinski definition) is 5. The molecule has 0 saturated heterocycles. The lowest BCUT2D eigenvalue weighted by molar-refractivity contribution is -0.118. The van der Waals surface area contributed by atoms with Gasteiger partial charge < -0.3 is 9.47 Å². The van der Waals surface area contributed by atoms with Gasteiger partial charge in [-0.3, -0.25) is 10.1 Å². The van der Waals surface area contributed by atoms with Gasteiger partial charge in [0, 0.05) is 10.4 Å². The molecule has 0 aliphatic carbocycles. The Bertz CT molecular complexity index is 909. The largest absolute Gasteiger partial charge is 0.497 e. The van der Waals surface area contributed by atoms with Crippen LogP contribution in [0.3, 0.4) is 0 Å². The molecule has 0 saturated carbocycles. The summed E-state index contributed by atoms with van der Waals surface area (Å²) in [6, 6.07) is 13.5. The summed E-state index contributed by atoms with van der Waals surface area (Å²) in [5.41, 5.74) is 1.73. The van der Waals surface area contributed by atoms with Crippen molar-refractivity contribution in [2.24, 2.45) is 0 Å². The number of methoxy groups -OCH3 is 1. The molecule has 0 atom stereocenters. The number of rotatable bonds is 6. The first-order chi connectivity index (χ1) is 12.6. The van der Waals surface area contributed by atoms with Crippen LogP contribution in [0.5, 0.6) is 11.5 Å². The number of hydrogen-bond donors (Lipinski definition) is 1. The second-order valence-corrected chi connectivity index (χ2v) is 6.62. The number of aryl methyl sites for hydroxylation is 1. The smallest absolute Gasteiger partial charge is 0.264 e. The van der Waals surface area contributed by atoms with E-state index in [2.05, 4.69) is 10.3 Å². The lowest BCUT2D eigenvalue weighted by Gasteiger charge is -2.06. The van der Waals surface area contributed by atoms with Crippen molar-refractivity contribution in [3.63, 3.8) is 0 Å². The average molecular weight is 372 g/mol. The van der Waals surface area contributed by atoms with Crippen LogP contribution in [-0.4, -0.2) is 24.6 Å². The van der Waals surface area contributed by atoms with Crippen LogP contribution in [-0.2, 0) is 4.79 Å². The first kappa shape index (κ1) is 17.9. The normalized spacial score (nSPS) is 10.4. The first-order valence-corrected chi connectivity index (χ1v) is 8.67. The zero-order valence-corrected chi connectivity index (χ0v) is 15.1. The minimum atomic E-state index is -0.507. The third-order valence-corrected chi connectivity index (χ3v) is 4.49. The summed E-state index contributed by atoms with van der Waals surface area (Å²) in [6.45, 7) is 1.64. The third kappa shape index (κ3) is 4.18. The van der Waals surface area contributed by atoms with Gasteiger partial charge in [-0.2, -0.15) is 0 Å². The van der Waals surface area contributed by atoms with Gasteiger partial charge in [0.25, 0.3) is 5.91 Å². The zero-order chi connectivity index (χ0) is 18.5. The zero-order valence-electron chi connectivity index (χ0n) is 14.3. The van der Waals surface area contributed by atoms with Gasteiger partial charge in [0.05, 0.1) is 12.8 Å². The van der Waals surface area contributed by atoms with Gasteiger partial charge in [-0.15, -0.1) is 11.3 Å². The van der Waals surface area contributed by atoms with Crippen LogP contribution in [0.4, 0.5) is 9.52 Å². The molecule has 0 aliphatic rings. The Balaban J connectivity index is 1.65. The highest BCUT2D eigenvalue weighted by atomic mass is 32.1. The fraction of sp³-hybridized carbons (Fsp3) is 0.158. The predicted octanol–water partition coefficient (Wildman–Crippen LogP) is 4.28. The number of para-hydroxylation sites is 1. The number of halogens is 1. The Morgan fingerprint density at radius 2 is 1.92 bits per heavy atom. The number of carbonyl (C=O) groups excluding carboxylic acids is 1. The molecular formula is C19H17FN2O3S. The molecule has 3 aromatic rings. The van der Waals surface area contributed by atoms with Gasteiger partial charge in [0.1, 0.15) is 5.75 Å². The van der Waals surface area contributed by atoms with E-state index in [1.165, 1.54) is 23.5 Å². The Morgan fingerprint density at radius 3 is 2.62 bits per heavy atom. The summed E-state index contributed by atoms with van der Waals surface area (Å²) >= 11 is 1.37. The van der Waals surface area contributed by atoms with E-state index >= 15 is 0 Å². The molecule has 7 heteroatoms. The van der Waals surface area contributed by atoms with Crippen molar-refractivity contribution in [2.45, 2.75) is 6.92 Å². The Morgan fingerprint density at radius 1 is 1.19 bits per heavy atom. The number of nitrogens with zero attached hydrogens (tertiary/aromatic N) is 1. The van der Waals surface area contributed by atoms with Crippen molar-refractivity contribution in [2.75, 3.05) is 19.0 Å². The maximum atomic E-state index is 13.5. The summed E-state index contributed by atoms with van der Waals surface area (Å²) in [5.74, 6) is -0.104. The first-order valence-electron chi connectivity index (χ1n) is 7.86. The summed E-state index contributed by atoms with van der Waals surface area (Å²) in [4.78, 5) is 17.5. The molecule has 1 heterocycles. The van der Waals surface area contributed by atoms with E-state index in [1.807, 2.05) is 31.2 Å². The lowest BCUT2D eigenvalue weighted by atomic mass is 10.1. The average Bonchev–Trinajstić information content (AvgIpc) is 3.01. The molecule has 1 amide bonds. The third-order valence-electron chi connectivity index (χ3n) is 3.60. The van der Waals surface area contributed by atoms with Crippen molar-refractivity contribution < 1.29 is 18.7 Å². The minimum absolute atomic E-state index is 0.0388. The second kappa shape index (κ2) is 7.97. The van der Waals surface area contributed by atoms with E-state index < -0.39 is 11.7 Å². The van der Waals surface area contributed by atoms with Crippen molar-refractivity contribution in [1.29, 1.82) is 0 Å². The van der Waals surface area contributed by atoms with Gasteiger partial charge >= 0.3 is 0 Å². The standard InChI is InChI=1S/C19H17FN2O3S/c1-12-18(13-7-9-14(24-2)10-8-13)22-19(26-12)21-17(23)11-25-16-6-4-3-5-15(16)20/h3-10H,11H2,1-2H3,(H,21,22,23). The van der Waals surface area contributed by atoms with Gasteiger partial charge in [0.15, 0.2) is 23.3 Å². The molecule has 26 heavy (non-hydrogen) atoms. The molecule has 1 aromatic heterocycles. The van der Waals surface area contributed by atoms with Gasteiger partial charge in [-0.1, -0.05) is 12.1 Å². The number of benzene rings is 2. The summed E-state index contributed by atoms with van der Waals surface area (Å²) in [6.07, 6.45) is 0. The van der Waals surface area contributed by atoms with Crippen molar-refractivity contribution in [1.82, 2.24) is 4.98 Å². The van der Waals surface area contributed by atoms with Crippen LogP contribution in [0.2, 0.25) is 0 Å². The molecule has 0 spiro atoms. The van der Waals surface area contributed by atoms with E-state index in [-0.39, 0.29) is 12.4 Å². The number of anilines is 1. The van der Waals surface area contributed by atoms with E-state index in [0.717, 1.165) is 21.9 Å². The molecule has 0 radical (unpaired) electrons. The van der Waals surface area contributed by atoms with Crippen LogP contribution in [0.1, 0.15) is 4.88 Å². The maximum Gasteiger partial charge on any atom is 0.264 e. The predicted molar refractivity (Wildman–Crippen MR) is 99.4 cm³/mol. The summed E-state index contributed by atoms with van der Waals surface area (Å²) in [5, 5.41) is 3.15. The number of ether oxygens (including phenoxy) is 2. The fourth-order valence-electron chi connectivity index (χ4n) is 2.33. The minimum Gasteiger partial charge on any atom is -0.497 e. The van der Waals surface area contributed by atoms with Crippen molar-refractivity contribution in [3.8, 4) is 22.8 Å². The molecule has 2 aromatic carbocycles. The van der Waals surface area contributed by atoms with Crippen LogP contribution < -0.4 is 14.8 Å². The topological polar surface area (TPSA) is 60.5 Å². The number of nitrogens with one attached hydrogen (secondary N) is 1. The van der Waals surface area contributed by atoms with Crippen LogP contribution in [0, 0.1) is 12.7 Å². The molecule has 0 aliphatic heterocycles. The monoisotopic (exact) mass is 372 g/mol. The SMILES string of the molecule is COc1ccc(-c2nc(NC(=O)COc3ccccc3F)sc2C)cc1. The maximum absolute atomic E-state index is 13.5. The van der Waals surface area contributed by atoms with E-state index in [1.54, 1.807) is 19.2 Å². The number of thiazole rings is 1. The Hall–Kier alpha value is -2.93. The van der Waals surface area contributed by atoms with Gasteiger partial charge in [0.2, 0.25) is 0 Å². The summed E-state index contributed by atoms with van der Waals surface area (Å²) < 4.78 is 23.8. The highest BCUT2D eigenvalue weighted by Crippen LogP contribution is 2.31. The van der Waals surface area contributed by atoms with E-state index in [4.69, 9.17) is 9.47 Å².